The molecule has 0 bridgehead atoms. The summed E-state index contributed by atoms with van der Waals surface area (Å²) in [6, 6.07) is 4.00. The van der Waals surface area contributed by atoms with Crippen LogP contribution >= 0.6 is 11.3 Å². The Balaban J connectivity index is 1.50. The zero-order valence-corrected chi connectivity index (χ0v) is 22.1. The minimum Gasteiger partial charge on any atom is -0.309 e. The highest BCUT2D eigenvalue weighted by atomic mass is 32.1. The number of nitrogens with zero attached hydrogens (tertiary/aromatic N) is 5. The average molecular weight is 507 g/mol. The third-order valence-electron chi connectivity index (χ3n) is 7.09. The fraction of sp³-hybridized carbons (Fsp3) is 0.407. The van der Waals surface area contributed by atoms with Gasteiger partial charge in [-0.15, -0.1) is 11.3 Å². The quantitative estimate of drug-likeness (QED) is 0.381. The van der Waals surface area contributed by atoms with E-state index in [1.807, 2.05) is 38.4 Å². The van der Waals surface area contributed by atoms with Gasteiger partial charge in [0.2, 0.25) is 5.95 Å². The second-order valence-electron chi connectivity index (χ2n) is 9.97. The van der Waals surface area contributed by atoms with E-state index in [9.17, 15) is 4.79 Å². The summed E-state index contributed by atoms with van der Waals surface area (Å²) in [5.74, 6) is 0.827. The number of piperidine rings is 1. The topological polar surface area (TPSA) is 75.9 Å². The van der Waals surface area contributed by atoms with Crippen molar-refractivity contribution >= 4 is 33.2 Å². The number of aromatic nitrogens is 4. The first kappa shape index (κ1) is 24.5. The van der Waals surface area contributed by atoms with E-state index in [0.29, 0.717) is 22.8 Å². The zero-order chi connectivity index (χ0) is 25.6. The average Bonchev–Trinajstić information content (AvgIpc) is 3.24. The third kappa shape index (κ3) is 4.41. The van der Waals surface area contributed by atoms with Gasteiger partial charge in [0.15, 0.2) is 5.82 Å². The molecule has 1 aliphatic rings. The minimum atomic E-state index is -0.573. The molecule has 0 spiro atoms. The highest BCUT2D eigenvalue weighted by Gasteiger charge is 2.25. The Morgan fingerprint density at radius 3 is 2.56 bits per heavy atom. The maximum Gasteiger partial charge on any atom is 0.259 e. The number of hydrogen-bond donors (Lipinski definition) is 1. The van der Waals surface area contributed by atoms with Crippen LogP contribution in [0, 0.1) is 12.7 Å². The minimum absolute atomic E-state index is 0.0620. The summed E-state index contributed by atoms with van der Waals surface area (Å²) < 4.78 is 17.6. The van der Waals surface area contributed by atoms with E-state index in [1.54, 1.807) is 7.05 Å². The van der Waals surface area contributed by atoms with Crippen molar-refractivity contribution in [1.82, 2.24) is 24.4 Å². The smallest absolute Gasteiger partial charge is 0.259 e. The summed E-state index contributed by atoms with van der Waals surface area (Å²) in [5.41, 5.74) is 3.51. The van der Waals surface area contributed by atoms with Crippen LogP contribution in [-0.2, 0) is 7.05 Å². The molecule has 0 amide bonds. The number of likely N-dealkylation sites (tertiary alicyclic amines) is 1. The predicted octanol–water partition coefficient (Wildman–Crippen LogP) is 5.58. The van der Waals surface area contributed by atoms with Crippen LogP contribution in [0.15, 0.2) is 34.7 Å². The van der Waals surface area contributed by atoms with Gasteiger partial charge in [0.1, 0.15) is 11.5 Å². The number of aryl methyl sites for hydroxylation is 1. The van der Waals surface area contributed by atoms with Crippen LogP contribution in [0.1, 0.15) is 55.2 Å². The standard InChI is InChI=1S/C27H31FN6OS/c1-15(2)21-24(34(5)26(35)22-16(3)14-36-25(21)22)23-19(28)13-30-27(32-23)31-20-7-6-18(12-29-20)17-8-10-33(4)11-9-17/h6-7,12-15,17H,8-11H2,1-5H3,(H,29,30,31,32). The molecule has 7 nitrogen and oxygen atoms in total. The van der Waals surface area contributed by atoms with Crippen molar-refractivity contribution in [2.45, 2.75) is 45.4 Å². The molecule has 5 rings (SSSR count). The van der Waals surface area contributed by atoms with E-state index in [0.717, 1.165) is 48.0 Å². The van der Waals surface area contributed by atoms with Crippen LogP contribution in [0.5, 0.6) is 0 Å². The zero-order valence-electron chi connectivity index (χ0n) is 21.3. The van der Waals surface area contributed by atoms with E-state index in [2.05, 4.69) is 38.3 Å². The van der Waals surface area contributed by atoms with Crippen molar-refractivity contribution in [3.63, 3.8) is 0 Å². The lowest BCUT2D eigenvalue weighted by Crippen LogP contribution is -2.29. The van der Waals surface area contributed by atoms with Gasteiger partial charge in [0.25, 0.3) is 5.56 Å². The van der Waals surface area contributed by atoms with Gasteiger partial charge < -0.3 is 14.8 Å². The molecule has 4 aromatic rings. The molecule has 4 aromatic heterocycles. The van der Waals surface area contributed by atoms with Crippen LogP contribution in [0.25, 0.3) is 21.5 Å². The molecule has 1 N–H and O–H groups in total. The Morgan fingerprint density at radius 1 is 1.14 bits per heavy atom. The first-order valence-corrected chi connectivity index (χ1v) is 13.2. The fourth-order valence-corrected chi connectivity index (χ4v) is 6.30. The third-order valence-corrected chi connectivity index (χ3v) is 8.22. The molecule has 1 aliphatic heterocycles. The lowest BCUT2D eigenvalue weighted by molar-refractivity contribution is 0.255. The molecule has 0 aliphatic carbocycles. The monoisotopic (exact) mass is 506 g/mol. The van der Waals surface area contributed by atoms with Gasteiger partial charge in [-0.3, -0.25) is 4.79 Å². The van der Waals surface area contributed by atoms with Crippen LogP contribution in [0.3, 0.4) is 0 Å². The number of pyridine rings is 2. The van der Waals surface area contributed by atoms with Gasteiger partial charge in [-0.05, 0) is 79.9 Å². The van der Waals surface area contributed by atoms with Crippen molar-refractivity contribution in [1.29, 1.82) is 0 Å². The van der Waals surface area contributed by atoms with Crippen molar-refractivity contribution in [3.05, 3.63) is 62.8 Å². The van der Waals surface area contributed by atoms with Crippen LogP contribution in [0.2, 0.25) is 0 Å². The SMILES string of the molecule is Cc1csc2c(C(C)C)c(-c3nc(Nc4ccc(C5CCN(C)CC5)cn4)ncc3F)n(C)c(=O)c12. The molecule has 188 valence electrons. The molecule has 1 fully saturated rings. The Morgan fingerprint density at radius 2 is 1.89 bits per heavy atom. The van der Waals surface area contributed by atoms with Crippen molar-refractivity contribution < 1.29 is 4.39 Å². The molecule has 36 heavy (non-hydrogen) atoms. The first-order chi connectivity index (χ1) is 17.2. The summed E-state index contributed by atoms with van der Waals surface area (Å²) in [6.07, 6.45) is 5.30. The van der Waals surface area contributed by atoms with E-state index in [-0.39, 0.29) is 23.1 Å². The van der Waals surface area contributed by atoms with Crippen molar-refractivity contribution in [2.75, 3.05) is 25.5 Å². The van der Waals surface area contributed by atoms with Crippen molar-refractivity contribution in [2.24, 2.45) is 7.05 Å². The molecular formula is C27H31FN6OS. The van der Waals surface area contributed by atoms with Crippen LogP contribution in [0.4, 0.5) is 16.2 Å². The lowest BCUT2D eigenvalue weighted by atomic mass is 9.91. The lowest BCUT2D eigenvalue weighted by Gasteiger charge is -2.29. The summed E-state index contributed by atoms with van der Waals surface area (Å²) in [7, 11) is 3.83. The Labute approximate surface area is 214 Å². The number of hydrogen-bond acceptors (Lipinski definition) is 7. The molecular weight excluding hydrogens is 475 g/mol. The van der Waals surface area contributed by atoms with Crippen molar-refractivity contribution in [3.8, 4) is 11.4 Å². The summed E-state index contributed by atoms with van der Waals surface area (Å²) in [4.78, 5) is 28.8. The fourth-order valence-electron chi connectivity index (χ4n) is 5.06. The Bertz CT molecular complexity index is 1470. The van der Waals surface area contributed by atoms with E-state index < -0.39 is 5.82 Å². The molecule has 0 radical (unpaired) electrons. The number of fused-ring (bicyclic) bond motifs is 1. The Kier molecular flexibility index (Phi) is 6.61. The van der Waals surface area contributed by atoms with Crippen LogP contribution < -0.4 is 10.9 Å². The second-order valence-corrected chi connectivity index (χ2v) is 10.9. The first-order valence-electron chi connectivity index (χ1n) is 12.3. The van der Waals surface area contributed by atoms with Gasteiger partial charge in [-0.1, -0.05) is 19.9 Å². The Hall–Kier alpha value is -3.17. The summed E-state index contributed by atoms with van der Waals surface area (Å²) in [5, 5.41) is 5.78. The maximum atomic E-state index is 15.2. The highest BCUT2D eigenvalue weighted by molar-refractivity contribution is 7.17. The molecule has 9 heteroatoms. The van der Waals surface area contributed by atoms with Gasteiger partial charge in [0.05, 0.1) is 17.3 Å². The molecule has 0 unspecified atom stereocenters. The summed E-state index contributed by atoms with van der Waals surface area (Å²) >= 11 is 1.52. The molecule has 5 heterocycles. The van der Waals surface area contributed by atoms with E-state index in [1.165, 1.54) is 21.5 Å². The van der Waals surface area contributed by atoms with E-state index >= 15 is 4.39 Å². The predicted molar refractivity (Wildman–Crippen MR) is 144 cm³/mol. The van der Waals surface area contributed by atoms with E-state index in [4.69, 9.17) is 0 Å². The highest BCUT2D eigenvalue weighted by Crippen LogP contribution is 2.38. The molecule has 0 saturated carbocycles. The van der Waals surface area contributed by atoms with Gasteiger partial charge in [0, 0.05) is 17.9 Å². The second kappa shape index (κ2) is 9.71. The molecule has 0 aromatic carbocycles. The summed E-state index contributed by atoms with van der Waals surface area (Å²) in [6.45, 7) is 8.21. The number of halogens is 1. The largest absolute Gasteiger partial charge is 0.309 e. The maximum absolute atomic E-state index is 15.2. The van der Waals surface area contributed by atoms with Gasteiger partial charge in [-0.25, -0.2) is 19.3 Å². The van der Waals surface area contributed by atoms with Gasteiger partial charge in [-0.2, -0.15) is 0 Å². The number of anilines is 2. The number of thiophene rings is 1. The molecule has 0 atom stereocenters. The van der Waals surface area contributed by atoms with Crippen LogP contribution in [-0.4, -0.2) is 44.6 Å². The number of nitrogens with one attached hydrogen (secondary N) is 1. The molecule has 1 saturated heterocycles. The normalized spacial score (nSPS) is 15.2. The van der Waals surface area contributed by atoms with Gasteiger partial charge >= 0.3 is 0 Å². The number of rotatable bonds is 5.